The van der Waals surface area contributed by atoms with Crippen molar-refractivity contribution in [2.45, 2.75) is 182 Å². The van der Waals surface area contributed by atoms with Crippen LogP contribution in [0, 0.1) is 0 Å². The molecule has 11 rings (SSSR count). The number of fused-ring (bicyclic) bond motifs is 20. The number of hydrogen-bond donors (Lipinski definition) is 2. The lowest BCUT2D eigenvalue weighted by atomic mass is 9.97. The van der Waals surface area contributed by atoms with Crippen LogP contribution in [0.15, 0.2) is 133 Å². The molecule has 0 aliphatic carbocycles. The van der Waals surface area contributed by atoms with Gasteiger partial charge in [0.25, 0.3) is 0 Å². The van der Waals surface area contributed by atoms with Gasteiger partial charge in [-0.2, -0.15) is 0 Å². The summed E-state index contributed by atoms with van der Waals surface area (Å²) in [4.78, 5) is 50.4. The first-order valence-corrected chi connectivity index (χ1v) is 34.0. The quantitative estimate of drug-likeness (QED) is 0.134. The molecule has 15 heteroatoms. The highest BCUT2D eigenvalue weighted by molar-refractivity contribution is 8.04. The molecule has 0 saturated heterocycles. The summed E-state index contributed by atoms with van der Waals surface area (Å²) in [6.07, 6.45) is 0. The Morgan fingerprint density at radius 2 is 0.529 bits per heavy atom. The van der Waals surface area contributed by atoms with Gasteiger partial charge in [0.15, 0.2) is 23.3 Å². The van der Waals surface area contributed by atoms with Gasteiger partial charge in [-0.3, -0.25) is 0 Å². The van der Waals surface area contributed by atoms with E-state index in [1.807, 2.05) is 70.6 Å². The number of aromatic amines is 2. The summed E-state index contributed by atoms with van der Waals surface area (Å²) in [5, 5.41) is 3.82. The largest absolute Gasteiger partial charge is 0.378 e. The number of benzene rings is 6. The molecule has 0 radical (unpaired) electrons. The fourth-order valence-corrected chi connectivity index (χ4v) is 17.0. The highest BCUT2D eigenvalue weighted by Gasteiger charge is 2.30. The highest BCUT2D eigenvalue weighted by Crippen LogP contribution is 2.51. The lowest BCUT2D eigenvalue weighted by molar-refractivity contribution is 0.795. The average molecular weight is 1240 g/mol. The van der Waals surface area contributed by atoms with Crippen LogP contribution in [-0.4, -0.2) is 82.4 Å². The lowest BCUT2D eigenvalue weighted by Crippen LogP contribution is -2.10. The van der Waals surface area contributed by atoms with Gasteiger partial charge in [-0.05, 0) is 82.9 Å². The van der Waals surface area contributed by atoms with E-state index >= 15 is 0 Å². The number of nitrogens with zero attached hydrogens (tertiary/aromatic N) is 7. The Labute approximate surface area is 528 Å². The lowest BCUT2D eigenvalue weighted by Gasteiger charge is -2.24. The van der Waals surface area contributed by atoms with E-state index in [2.05, 4.69) is 257 Å². The zero-order valence-corrected chi connectivity index (χ0v) is 57.8. The third-order valence-electron chi connectivity index (χ3n) is 13.5. The normalized spacial score (nSPS) is 13.2. The van der Waals surface area contributed by atoms with Crippen molar-refractivity contribution in [2.75, 3.05) is 19.0 Å². The van der Waals surface area contributed by atoms with E-state index in [9.17, 15) is 0 Å². The first-order valence-electron chi connectivity index (χ1n) is 29.1. The topological polar surface area (TPSA) is 112 Å². The molecule has 8 bridgehead atoms. The molecule has 0 fully saturated rings. The predicted molar refractivity (Wildman–Crippen MR) is 375 cm³/mol. The van der Waals surface area contributed by atoms with Gasteiger partial charge < -0.3 is 14.9 Å². The van der Waals surface area contributed by atoms with E-state index in [4.69, 9.17) is 29.9 Å². The van der Waals surface area contributed by atoms with Crippen LogP contribution >= 0.6 is 70.6 Å². The van der Waals surface area contributed by atoms with E-state index < -0.39 is 0 Å². The molecular formula is C70H79N9S6. The van der Waals surface area contributed by atoms with Crippen molar-refractivity contribution in [3.8, 4) is 67.8 Å². The second-order valence-electron chi connectivity index (χ2n) is 28.2. The summed E-state index contributed by atoms with van der Waals surface area (Å²) in [6.45, 7) is 41.0. The van der Waals surface area contributed by atoms with Gasteiger partial charge >= 0.3 is 0 Å². The fourth-order valence-electron chi connectivity index (χ4n) is 10.3. The van der Waals surface area contributed by atoms with Gasteiger partial charge in [0.1, 0.15) is 22.6 Å². The molecule has 2 aliphatic heterocycles. The molecule has 440 valence electrons. The minimum Gasteiger partial charge on any atom is -0.378 e. The second-order valence-corrected chi connectivity index (χ2v) is 39.4. The Morgan fingerprint density at radius 3 is 0.824 bits per heavy atom. The molecule has 2 N–H and O–H groups in total. The minimum absolute atomic E-state index is 0.0598. The highest BCUT2D eigenvalue weighted by atomic mass is 32.2. The maximum atomic E-state index is 5.65. The van der Waals surface area contributed by atoms with E-state index in [1.54, 1.807) is 0 Å². The van der Waals surface area contributed by atoms with Crippen LogP contribution < -0.4 is 4.90 Å². The molecule has 85 heavy (non-hydrogen) atoms. The monoisotopic (exact) mass is 1240 g/mol. The average Bonchev–Trinajstić information content (AvgIpc) is 3.21. The number of nitrogens with one attached hydrogen (secondary N) is 2. The minimum atomic E-state index is -0.0645. The maximum absolute atomic E-state index is 5.65. The number of thioether (sulfide) groups is 6. The first kappa shape index (κ1) is 61.2. The standard InChI is InChI=1S/C70H79N9S6/c1-65(2,3)80-51-32-45-46(33-52(51)81-66(4,5)6)61-74-59(45)72-57-43-30-27-41(40-23-21-38(22-24-40)39-25-28-42(29-26-39)79(19)20)31-44(43)58(71-57)73-60-47-34-53(82-67(7,8)9)54(83-68(10,11)12)35-48(47)62(75-60)77-64-50-37-56(85-70(16,17)18)55(84-69(13,14)15)36-49(50)63(76-61)78-64/h21-37H,1-20H3,(H2,71,72,73,74,75,76,77,78). The van der Waals surface area contributed by atoms with Crippen LogP contribution in [0.2, 0.25) is 0 Å². The summed E-state index contributed by atoms with van der Waals surface area (Å²) in [7, 11) is 4.14. The summed E-state index contributed by atoms with van der Waals surface area (Å²) in [5.74, 6) is 2.31. The Balaban J connectivity index is 1.25. The van der Waals surface area contributed by atoms with Crippen molar-refractivity contribution in [3.05, 3.63) is 103 Å². The van der Waals surface area contributed by atoms with Gasteiger partial charge in [0.2, 0.25) is 0 Å². The number of H-pyrrole nitrogens is 2. The fraction of sp³-hybridized carbons (Fsp3) is 0.371. The number of rotatable bonds is 9. The van der Waals surface area contributed by atoms with Gasteiger partial charge in [0, 0.05) is 121 Å². The predicted octanol–water partition coefficient (Wildman–Crippen LogP) is 21.6. The summed E-state index contributed by atoms with van der Waals surface area (Å²) < 4.78 is -0.371. The SMILES string of the molecule is CN(C)c1ccc(-c2ccc(-c3ccc4c(c3)-c3nc-4nc4[nH]c(nc5nc(nc6[nH]c(n3)c3cc(SC(C)(C)C)c(SC(C)(C)C)cc63)-c3cc(SC(C)(C)C)c(SC(C)(C)C)cc3-5)c3cc(SC(C)(C)C)c(SC(C)(C)C)cc43)cc2)cc1. The molecule has 0 amide bonds. The first-order chi connectivity index (χ1) is 39.6. The van der Waals surface area contributed by atoms with E-state index in [1.165, 1.54) is 40.6 Å². The van der Waals surface area contributed by atoms with E-state index in [-0.39, 0.29) is 28.5 Å². The molecule has 9 nitrogen and oxygen atoms in total. The molecule has 5 heterocycles. The van der Waals surface area contributed by atoms with E-state index in [0.717, 1.165) is 60.5 Å². The van der Waals surface area contributed by atoms with Gasteiger partial charge in [-0.25, -0.2) is 29.9 Å². The number of hydrogen-bond acceptors (Lipinski definition) is 13. The second kappa shape index (κ2) is 22.3. The molecule has 0 spiro atoms. The third kappa shape index (κ3) is 14.0. The van der Waals surface area contributed by atoms with Crippen LogP contribution in [0.1, 0.15) is 125 Å². The van der Waals surface area contributed by atoms with Crippen molar-refractivity contribution in [3.63, 3.8) is 0 Å². The van der Waals surface area contributed by atoms with Gasteiger partial charge in [-0.1, -0.05) is 167 Å². The Morgan fingerprint density at radius 1 is 0.282 bits per heavy atom. The Bertz CT molecular complexity index is 4270. The molecule has 0 atom stereocenters. The van der Waals surface area contributed by atoms with Crippen molar-refractivity contribution in [1.29, 1.82) is 0 Å². The Hall–Kier alpha value is -5.42. The molecule has 9 aromatic rings. The zero-order chi connectivity index (χ0) is 61.1. The summed E-state index contributed by atoms with van der Waals surface area (Å²) in [5.41, 5.74) is 12.0. The molecule has 3 aromatic heterocycles. The molecule has 0 unspecified atom stereocenters. The number of anilines is 1. The van der Waals surface area contributed by atoms with Crippen molar-refractivity contribution >= 4 is 120 Å². The van der Waals surface area contributed by atoms with Crippen molar-refractivity contribution in [2.24, 2.45) is 0 Å². The van der Waals surface area contributed by atoms with Crippen LogP contribution in [0.25, 0.3) is 112 Å². The summed E-state index contributed by atoms with van der Waals surface area (Å²) >= 11 is 11.3. The number of aromatic nitrogens is 8. The van der Waals surface area contributed by atoms with Crippen LogP contribution in [0.5, 0.6) is 0 Å². The van der Waals surface area contributed by atoms with Gasteiger partial charge in [0.05, 0.1) is 0 Å². The summed E-state index contributed by atoms with van der Waals surface area (Å²) in [6, 6.07) is 38.0. The zero-order valence-electron chi connectivity index (χ0n) is 52.9. The Kier molecular flexibility index (Phi) is 16.1. The van der Waals surface area contributed by atoms with Crippen LogP contribution in [-0.2, 0) is 0 Å². The van der Waals surface area contributed by atoms with Crippen LogP contribution in [0.4, 0.5) is 5.69 Å². The van der Waals surface area contributed by atoms with Gasteiger partial charge in [-0.15, -0.1) is 70.6 Å². The van der Waals surface area contributed by atoms with Crippen molar-refractivity contribution in [1.82, 2.24) is 39.9 Å². The third-order valence-corrected chi connectivity index (χ3v) is 20.9. The van der Waals surface area contributed by atoms with E-state index in [0.29, 0.717) is 45.9 Å². The van der Waals surface area contributed by atoms with Crippen molar-refractivity contribution < 1.29 is 0 Å². The smallest absolute Gasteiger partial charge is 0.164 e. The molecule has 2 aliphatic rings. The molecule has 6 aromatic carbocycles. The molecular weight excluding hydrogens is 1160 g/mol. The molecule has 0 saturated carbocycles. The maximum Gasteiger partial charge on any atom is 0.164 e. The van der Waals surface area contributed by atoms with Crippen LogP contribution in [0.3, 0.4) is 0 Å².